The molecule has 100 valence electrons. The van der Waals surface area contributed by atoms with Gasteiger partial charge in [0.15, 0.2) is 11.6 Å². The van der Waals surface area contributed by atoms with E-state index in [1.807, 2.05) is 0 Å². The lowest BCUT2D eigenvalue weighted by Gasteiger charge is -2.11. The zero-order valence-corrected chi connectivity index (χ0v) is 11.2. The van der Waals surface area contributed by atoms with Crippen molar-refractivity contribution >= 4 is 27.6 Å². The number of benzene rings is 1. The van der Waals surface area contributed by atoms with E-state index >= 15 is 0 Å². The van der Waals surface area contributed by atoms with Gasteiger partial charge in [0, 0.05) is 11.6 Å². The summed E-state index contributed by atoms with van der Waals surface area (Å²) in [5, 5.41) is 2.44. The quantitative estimate of drug-likeness (QED) is 0.259. The van der Waals surface area contributed by atoms with E-state index in [1.165, 1.54) is 7.11 Å². The Balaban J connectivity index is 2.85. The number of anilines is 1. The molecule has 0 atom stereocenters. The van der Waals surface area contributed by atoms with Gasteiger partial charge < -0.3 is 10.1 Å². The number of nitrogens with zero attached hydrogens (tertiary/aromatic N) is 1. The van der Waals surface area contributed by atoms with Crippen LogP contribution in [0, 0.1) is 11.6 Å². The molecule has 0 radical (unpaired) electrons. The molecule has 4 N–H and O–H groups in total. The van der Waals surface area contributed by atoms with Crippen molar-refractivity contribution in [3.05, 3.63) is 28.2 Å². The smallest absolute Gasteiger partial charge is 0.210 e. The predicted molar refractivity (Wildman–Crippen MR) is 69.2 cm³/mol. The van der Waals surface area contributed by atoms with Gasteiger partial charge in [-0.05, 0) is 12.1 Å². The van der Waals surface area contributed by atoms with Gasteiger partial charge in [-0.3, -0.25) is 5.43 Å². The first-order valence-electron chi connectivity index (χ1n) is 5.00. The first-order chi connectivity index (χ1) is 8.58. The van der Waals surface area contributed by atoms with Gasteiger partial charge in [-0.15, -0.1) is 0 Å². The highest BCUT2D eigenvalue weighted by molar-refractivity contribution is 9.10. The summed E-state index contributed by atoms with van der Waals surface area (Å²) in [6.07, 6.45) is 0. The monoisotopic (exact) mass is 322 g/mol. The van der Waals surface area contributed by atoms with Crippen molar-refractivity contribution in [2.24, 2.45) is 10.8 Å². The van der Waals surface area contributed by atoms with Gasteiger partial charge >= 0.3 is 0 Å². The molecule has 0 aliphatic rings. The molecule has 1 aromatic rings. The summed E-state index contributed by atoms with van der Waals surface area (Å²) in [6.45, 7) is 0.682. The molecule has 0 bridgehead atoms. The molecule has 0 heterocycles. The first-order valence-corrected chi connectivity index (χ1v) is 5.79. The molecule has 0 spiro atoms. The maximum atomic E-state index is 13.5. The van der Waals surface area contributed by atoms with E-state index in [-0.39, 0.29) is 11.6 Å². The van der Waals surface area contributed by atoms with Crippen LogP contribution in [0.25, 0.3) is 0 Å². The Kier molecular flexibility index (Phi) is 5.96. The van der Waals surface area contributed by atoms with Gasteiger partial charge in [0.05, 0.1) is 13.2 Å². The highest BCUT2D eigenvalue weighted by Gasteiger charge is 2.11. The van der Waals surface area contributed by atoms with Crippen molar-refractivity contribution in [3.63, 3.8) is 0 Å². The number of hydrogen-bond donors (Lipinski definition) is 3. The summed E-state index contributed by atoms with van der Waals surface area (Å²) in [5.41, 5.74) is 1.89. The average Bonchev–Trinajstić information content (AvgIpc) is 2.31. The Hall–Kier alpha value is -1.25. The Morgan fingerprint density at radius 2 is 2.06 bits per heavy atom. The van der Waals surface area contributed by atoms with E-state index in [1.54, 1.807) is 0 Å². The normalized spacial score (nSPS) is 11.5. The number of halogens is 3. The minimum absolute atomic E-state index is 0.0483. The lowest BCUT2D eigenvalue weighted by atomic mass is 10.3. The summed E-state index contributed by atoms with van der Waals surface area (Å²) in [6, 6.07) is 2.27. The molecule has 0 saturated heterocycles. The number of guanidine groups is 1. The van der Waals surface area contributed by atoms with Crippen LogP contribution >= 0.6 is 15.9 Å². The van der Waals surface area contributed by atoms with Crippen molar-refractivity contribution in [2.45, 2.75) is 0 Å². The Labute approximate surface area is 112 Å². The predicted octanol–water partition coefficient (Wildman–Crippen LogP) is 1.60. The van der Waals surface area contributed by atoms with E-state index in [9.17, 15) is 8.78 Å². The van der Waals surface area contributed by atoms with Crippen LogP contribution < -0.4 is 16.6 Å². The fourth-order valence-electron chi connectivity index (χ4n) is 1.15. The molecule has 0 fully saturated rings. The third-order valence-electron chi connectivity index (χ3n) is 1.95. The molecule has 1 aromatic carbocycles. The zero-order chi connectivity index (χ0) is 13.5. The molecule has 1 rings (SSSR count). The van der Waals surface area contributed by atoms with Crippen molar-refractivity contribution < 1.29 is 13.5 Å². The minimum Gasteiger partial charge on any atom is -0.383 e. The highest BCUT2D eigenvalue weighted by Crippen LogP contribution is 2.23. The number of methoxy groups -OCH3 is 1. The largest absolute Gasteiger partial charge is 0.383 e. The van der Waals surface area contributed by atoms with Crippen molar-refractivity contribution in [3.8, 4) is 0 Å². The number of hydrogen-bond acceptors (Lipinski definition) is 3. The SMILES string of the molecule is COCCN=C(NN)Nc1c(F)cc(Br)cc1F. The summed E-state index contributed by atoms with van der Waals surface area (Å²) in [4.78, 5) is 3.93. The molecule has 0 saturated carbocycles. The summed E-state index contributed by atoms with van der Waals surface area (Å²) in [7, 11) is 1.52. The summed E-state index contributed by atoms with van der Waals surface area (Å²) in [5.74, 6) is 3.74. The number of rotatable bonds is 4. The van der Waals surface area contributed by atoms with Gasteiger partial charge in [0.1, 0.15) is 5.69 Å². The van der Waals surface area contributed by atoms with Crippen LogP contribution in [0.2, 0.25) is 0 Å². The van der Waals surface area contributed by atoms with E-state index in [4.69, 9.17) is 10.6 Å². The van der Waals surface area contributed by atoms with Crippen molar-refractivity contribution in [1.82, 2.24) is 5.43 Å². The van der Waals surface area contributed by atoms with Crippen LogP contribution in [0.15, 0.2) is 21.6 Å². The van der Waals surface area contributed by atoms with Gasteiger partial charge in [0.25, 0.3) is 0 Å². The standard InChI is InChI=1S/C10H13BrF2N4O/c1-18-3-2-15-10(17-14)16-9-7(12)4-6(11)5-8(9)13/h4-5H,2-3,14H2,1H3,(H2,15,16,17). The molecular formula is C10H13BrF2N4O. The van der Waals surface area contributed by atoms with E-state index < -0.39 is 11.6 Å². The van der Waals surface area contributed by atoms with Gasteiger partial charge in [-0.25, -0.2) is 19.6 Å². The third-order valence-corrected chi connectivity index (χ3v) is 2.41. The third kappa shape index (κ3) is 4.21. The average molecular weight is 323 g/mol. The molecule has 0 aromatic heterocycles. The first kappa shape index (κ1) is 14.8. The topological polar surface area (TPSA) is 71.7 Å². The molecular weight excluding hydrogens is 310 g/mol. The zero-order valence-electron chi connectivity index (χ0n) is 9.64. The van der Waals surface area contributed by atoms with Crippen LogP contribution in [0.4, 0.5) is 14.5 Å². The van der Waals surface area contributed by atoms with Crippen LogP contribution in [-0.2, 0) is 4.74 Å². The second-order valence-corrected chi connectivity index (χ2v) is 4.15. The second kappa shape index (κ2) is 7.24. The van der Waals surface area contributed by atoms with Crippen molar-refractivity contribution in [1.29, 1.82) is 0 Å². The molecule has 18 heavy (non-hydrogen) atoms. The van der Waals surface area contributed by atoms with Crippen LogP contribution in [0.3, 0.4) is 0 Å². The van der Waals surface area contributed by atoms with E-state index in [0.717, 1.165) is 12.1 Å². The molecule has 0 amide bonds. The van der Waals surface area contributed by atoms with Crippen LogP contribution in [0.5, 0.6) is 0 Å². The lowest BCUT2D eigenvalue weighted by molar-refractivity contribution is 0.208. The van der Waals surface area contributed by atoms with E-state index in [0.29, 0.717) is 17.6 Å². The number of nitrogens with two attached hydrogens (primary N) is 1. The Bertz CT molecular complexity index is 419. The fraction of sp³-hybridized carbons (Fsp3) is 0.300. The van der Waals surface area contributed by atoms with Crippen LogP contribution in [-0.4, -0.2) is 26.2 Å². The molecule has 0 unspecified atom stereocenters. The van der Waals surface area contributed by atoms with Crippen LogP contribution in [0.1, 0.15) is 0 Å². The summed E-state index contributed by atoms with van der Waals surface area (Å²) >= 11 is 2.99. The van der Waals surface area contributed by atoms with Gasteiger partial charge in [0.2, 0.25) is 5.96 Å². The Morgan fingerprint density at radius 1 is 1.44 bits per heavy atom. The maximum absolute atomic E-state index is 13.5. The highest BCUT2D eigenvalue weighted by atomic mass is 79.9. The molecule has 5 nitrogen and oxygen atoms in total. The number of nitrogens with one attached hydrogen (secondary N) is 2. The maximum Gasteiger partial charge on any atom is 0.210 e. The van der Waals surface area contributed by atoms with Gasteiger partial charge in [-0.2, -0.15) is 0 Å². The van der Waals surface area contributed by atoms with Gasteiger partial charge in [-0.1, -0.05) is 15.9 Å². The molecule has 0 aliphatic heterocycles. The minimum atomic E-state index is -0.753. The second-order valence-electron chi connectivity index (χ2n) is 3.24. The van der Waals surface area contributed by atoms with E-state index in [2.05, 4.69) is 31.7 Å². The molecule has 0 aliphatic carbocycles. The number of hydrazine groups is 1. The number of aliphatic imine (C=N–C) groups is 1. The summed E-state index contributed by atoms with van der Waals surface area (Å²) < 4.78 is 32.1. The number of ether oxygens (including phenoxy) is 1. The lowest BCUT2D eigenvalue weighted by Crippen LogP contribution is -2.37. The molecule has 8 heteroatoms. The fourth-order valence-corrected chi connectivity index (χ4v) is 1.55. The Morgan fingerprint density at radius 3 is 2.56 bits per heavy atom. The van der Waals surface area contributed by atoms with Crippen molar-refractivity contribution in [2.75, 3.05) is 25.6 Å².